The number of thiazole rings is 1. The van der Waals surface area contributed by atoms with E-state index in [1.165, 1.54) is 29.5 Å². The van der Waals surface area contributed by atoms with E-state index in [1.807, 2.05) is 12.3 Å². The molecule has 1 aromatic carbocycles. The lowest BCUT2D eigenvalue weighted by atomic mass is 10.3. The summed E-state index contributed by atoms with van der Waals surface area (Å²) < 4.78 is 23.8. The molecule has 0 aliphatic heterocycles. The molecule has 3 rings (SSSR count). The van der Waals surface area contributed by atoms with E-state index >= 15 is 0 Å². The van der Waals surface area contributed by atoms with Crippen molar-refractivity contribution in [3.63, 3.8) is 0 Å². The monoisotopic (exact) mass is 347 g/mol. The molecule has 1 N–H and O–H groups in total. The van der Waals surface area contributed by atoms with E-state index in [9.17, 15) is 9.18 Å². The van der Waals surface area contributed by atoms with Crippen LogP contribution >= 0.6 is 11.3 Å². The average molecular weight is 347 g/mol. The van der Waals surface area contributed by atoms with Crippen molar-refractivity contribution in [1.82, 2.24) is 15.5 Å². The lowest BCUT2D eigenvalue weighted by Gasteiger charge is -2.03. The van der Waals surface area contributed by atoms with Crippen LogP contribution in [0, 0.1) is 12.7 Å². The number of halogens is 1. The number of para-hydroxylation sites is 1. The highest BCUT2D eigenvalue weighted by molar-refractivity contribution is 7.09. The summed E-state index contributed by atoms with van der Waals surface area (Å²) in [6.45, 7) is 2.19. The van der Waals surface area contributed by atoms with E-state index in [-0.39, 0.29) is 24.0 Å². The number of aryl methyl sites for hydroxylation is 1. The summed E-state index contributed by atoms with van der Waals surface area (Å²) in [4.78, 5) is 16.3. The maximum atomic E-state index is 13.4. The van der Waals surface area contributed by atoms with Crippen LogP contribution in [0.15, 0.2) is 40.2 Å². The van der Waals surface area contributed by atoms with Gasteiger partial charge in [-0.15, -0.1) is 11.3 Å². The van der Waals surface area contributed by atoms with E-state index in [4.69, 9.17) is 9.26 Å². The molecule has 0 bridgehead atoms. The number of ether oxygens (including phenoxy) is 1. The predicted octanol–water partition coefficient (Wildman–Crippen LogP) is 3.09. The van der Waals surface area contributed by atoms with Gasteiger partial charge >= 0.3 is 0 Å². The van der Waals surface area contributed by atoms with Gasteiger partial charge in [-0.1, -0.05) is 17.3 Å². The van der Waals surface area contributed by atoms with Crippen LogP contribution in [-0.2, 0) is 13.2 Å². The number of nitrogens with one attached hydrogen (secondary N) is 1. The first-order chi connectivity index (χ1) is 11.6. The lowest BCUT2D eigenvalue weighted by Crippen LogP contribution is -2.23. The Balaban J connectivity index is 1.54. The minimum absolute atomic E-state index is 0.0213. The number of carbonyl (C=O) groups excluding carboxylic acids is 1. The zero-order chi connectivity index (χ0) is 16.9. The SMILES string of the molecule is Cc1nc(CNC(=O)c2cc(COc3ccccc3F)on2)cs1. The Kier molecular flexibility index (Phi) is 4.85. The molecule has 0 aliphatic rings. The number of carbonyl (C=O) groups is 1. The van der Waals surface area contributed by atoms with Crippen molar-refractivity contribution in [3.8, 4) is 5.75 Å². The van der Waals surface area contributed by atoms with Gasteiger partial charge in [-0.3, -0.25) is 4.79 Å². The standard InChI is InChI=1S/C16H14FN3O3S/c1-10-19-11(9-24-10)7-18-16(21)14-6-12(23-20-14)8-22-15-5-3-2-4-13(15)17/h2-6,9H,7-8H2,1H3,(H,18,21). The molecule has 0 saturated heterocycles. The van der Waals surface area contributed by atoms with Crippen molar-refractivity contribution in [2.45, 2.75) is 20.1 Å². The normalized spacial score (nSPS) is 10.6. The number of hydrogen-bond acceptors (Lipinski definition) is 6. The van der Waals surface area contributed by atoms with Crippen LogP contribution in [0.25, 0.3) is 0 Å². The second-order valence-corrected chi connectivity index (χ2v) is 6.00. The first-order valence-electron chi connectivity index (χ1n) is 7.14. The van der Waals surface area contributed by atoms with E-state index in [0.717, 1.165) is 10.7 Å². The molecule has 0 unspecified atom stereocenters. The van der Waals surface area contributed by atoms with E-state index in [1.54, 1.807) is 12.1 Å². The number of nitrogens with zero attached hydrogens (tertiary/aromatic N) is 2. The molecule has 3 aromatic rings. The molecule has 2 aromatic heterocycles. The molecule has 0 fully saturated rings. The van der Waals surface area contributed by atoms with Crippen molar-refractivity contribution in [3.05, 3.63) is 63.7 Å². The van der Waals surface area contributed by atoms with Crippen LogP contribution in [0.3, 0.4) is 0 Å². The summed E-state index contributed by atoms with van der Waals surface area (Å²) in [7, 11) is 0. The highest BCUT2D eigenvalue weighted by Crippen LogP contribution is 2.17. The van der Waals surface area contributed by atoms with Crippen molar-refractivity contribution >= 4 is 17.2 Å². The number of rotatable bonds is 6. The third kappa shape index (κ3) is 3.96. The maximum Gasteiger partial charge on any atom is 0.273 e. The number of amides is 1. The quantitative estimate of drug-likeness (QED) is 0.741. The number of benzene rings is 1. The second-order valence-electron chi connectivity index (χ2n) is 4.94. The van der Waals surface area contributed by atoms with E-state index in [2.05, 4.69) is 15.5 Å². The van der Waals surface area contributed by atoms with Gasteiger partial charge in [-0.05, 0) is 19.1 Å². The molecule has 6 nitrogen and oxygen atoms in total. The summed E-state index contributed by atoms with van der Waals surface area (Å²) in [5.74, 6) is -0.401. The average Bonchev–Trinajstić information content (AvgIpc) is 3.21. The van der Waals surface area contributed by atoms with Crippen LogP contribution in [0.1, 0.15) is 27.0 Å². The van der Waals surface area contributed by atoms with Crippen LogP contribution in [0.5, 0.6) is 5.75 Å². The Morgan fingerprint density at radius 2 is 2.25 bits per heavy atom. The van der Waals surface area contributed by atoms with Crippen molar-refractivity contribution in [1.29, 1.82) is 0 Å². The molecular weight excluding hydrogens is 333 g/mol. The van der Waals surface area contributed by atoms with Crippen LogP contribution in [0.4, 0.5) is 4.39 Å². The van der Waals surface area contributed by atoms with Crippen molar-refractivity contribution in [2.24, 2.45) is 0 Å². The molecule has 24 heavy (non-hydrogen) atoms. The highest BCUT2D eigenvalue weighted by atomic mass is 32.1. The molecule has 0 radical (unpaired) electrons. The Bertz CT molecular complexity index is 846. The summed E-state index contributed by atoms with van der Waals surface area (Å²) in [6, 6.07) is 7.51. The fraction of sp³-hybridized carbons (Fsp3) is 0.188. The summed E-state index contributed by atoms with van der Waals surface area (Å²) in [5.41, 5.74) is 0.923. The molecule has 0 spiro atoms. The van der Waals surface area contributed by atoms with E-state index in [0.29, 0.717) is 12.3 Å². The summed E-state index contributed by atoms with van der Waals surface area (Å²) in [5, 5.41) is 9.22. The first kappa shape index (κ1) is 16.1. The molecule has 0 aliphatic carbocycles. The first-order valence-corrected chi connectivity index (χ1v) is 8.02. The molecule has 8 heteroatoms. The topological polar surface area (TPSA) is 77.2 Å². The van der Waals surface area contributed by atoms with Gasteiger partial charge in [0.2, 0.25) is 0 Å². The third-order valence-electron chi connectivity index (χ3n) is 3.09. The van der Waals surface area contributed by atoms with Gasteiger partial charge in [0.15, 0.2) is 23.0 Å². The number of hydrogen-bond donors (Lipinski definition) is 1. The van der Waals surface area contributed by atoms with Gasteiger partial charge in [0.05, 0.1) is 17.2 Å². The Labute approximate surface area is 141 Å². The summed E-state index contributed by atoms with van der Waals surface area (Å²) in [6.07, 6.45) is 0. The molecule has 124 valence electrons. The molecule has 0 saturated carbocycles. The number of aromatic nitrogens is 2. The molecule has 2 heterocycles. The zero-order valence-electron chi connectivity index (χ0n) is 12.8. The van der Waals surface area contributed by atoms with E-state index < -0.39 is 5.82 Å². The molecule has 1 amide bonds. The van der Waals surface area contributed by atoms with Gasteiger partial charge in [-0.25, -0.2) is 9.37 Å². The van der Waals surface area contributed by atoms with Crippen LogP contribution in [-0.4, -0.2) is 16.0 Å². The fourth-order valence-corrected chi connectivity index (χ4v) is 2.56. The van der Waals surface area contributed by atoms with Gasteiger partial charge in [0.1, 0.15) is 6.61 Å². The maximum absolute atomic E-state index is 13.4. The lowest BCUT2D eigenvalue weighted by molar-refractivity contribution is 0.0941. The minimum atomic E-state index is -0.464. The van der Waals surface area contributed by atoms with Crippen molar-refractivity contribution < 1.29 is 18.4 Å². The van der Waals surface area contributed by atoms with Gasteiger partial charge in [0, 0.05) is 11.4 Å². The minimum Gasteiger partial charge on any atom is -0.482 e. The Morgan fingerprint density at radius 3 is 3.00 bits per heavy atom. The largest absolute Gasteiger partial charge is 0.482 e. The van der Waals surface area contributed by atoms with Crippen molar-refractivity contribution in [2.75, 3.05) is 0 Å². The van der Waals surface area contributed by atoms with Gasteiger partial charge in [-0.2, -0.15) is 0 Å². The van der Waals surface area contributed by atoms with Gasteiger partial charge < -0.3 is 14.6 Å². The Morgan fingerprint density at radius 1 is 1.42 bits per heavy atom. The highest BCUT2D eigenvalue weighted by Gasteiger charge is 2.13. The smallest absolute Gasteiger partial charge is 0.273 e. The van der Waals surface area contributed by atoms with Crippen LogP contribution in [0.2, 0.25) is 0 Å². The third-order valence-corrected chi connectivity index (χ3v) is 3.92. The Hall–Kier alpha value is -2.74. The predicted molar refractivity (Wildman–Crippen MR) is 85.3 cm³/mol. The zero-order valence-corrected chi connectivity index (χ0v) is 13.6. The molecular formula is C16H14FN3O3S. The summed E-state index contributed by atoms with van der Waals surface area (Å²) >= 11 is 1.52. The van der Waals surface area contributed by atoms with Crippen LogP contribution < -0.4 is 10.1 Å². The van der Waals surface area contributed by atoms with Gasteiger partial charge in [0.25, 0.3) is 5.91 Å². The molecule has 0 atom stereocenters. The fourth-order valence-electron chi connectivity index (χ4n) is 1.95. The second kappa shape index (κ2) is 7.22.